The third-order valence-corrected chi connectivity index (χ3v) is 6.18. The fourth-order valence-electron chi connectivity index (χ4n) is 3.53. The first-order valence-electron chi connectivity index (χ1n) is 9.04. The summed E-state index contributed by atoms with van der Waals surface area (Å²) in [4.78, 5) is 21.8. The Morgan fingerprint density at radius 2 is 2.04 bits per heavy atom. The lowest BCUT2D eigenvalue weighted by atomic mass is 9.98. The van der Waals surface area contributed by atoms with Crippen molar-refractivity contribution in [2.45, 2.75) is 18.8 Å². The smallest absolute Gasteiger partial charge is 0.253 e. The molecule has 0 aliphatic carbocycles. The van der Waals surface area contributed by atoms with Crippen molar-refractivity contribution in [3.63, 3.8) is 0 Å². The number of benzene rings is 2. The van der Waals surface area contributed by atoms with Crippen molar-refractivity contribution in [3.05, 3.63) is 59.1 Å². The Balaban J connectivity index is 1.54. The maximum Gasteiger partial charge on any atom is 0.253 e. The van der Waals surface area contributed by atoms with Crippen molar-refractivity contribution >= 4 is 33.1 Å². The summed E-state index contributed by atoms with van der Waals surface area (Å²) in [6, 6.07) is 16.1. The molecule has 5 heteroatoms. The molecule has 134 valence electrons. The van der Waals surface area contributed by atoms with Crippen molar-refractivity contribution in [3.8, 4) is 0 Å². The largest absolute Gasteiger partial charge is 0.378 e. The zero-order valence-electron chi connectivity index (χ0n) is 15.2. The number of carbonyl (C=O) groups excluding carboxylic acids is 1. The number of piperidine rings is 1. The van der Waals surface area contributed by atoms with Gasteiger partial charge in [-0.3, -0.25) is 4.79 Å². The first-order chi connectivity index (χ1) is 12.6. The molecule has 1 aliphatic heterocycles. The van der Waals surface area contributed by atoms with Gasteiger partial charge in [0, 0.05) is 44.4 Å². The molecule has 2 heterocycles. The van der Waals surface area contributed by atoms with Crippen LogP contribution in [0.15, 0.2) is 48.5 Å². The first kappa shape index (κ1) is 17.0. The summed E-state index contributed by atoms with van der Waals surface area (Å²) in [5, 5.41) is 1.16. The van der Waals surface area contributed by atoms with Crippen LogP contribution in [0.5, 0.6) is 0 Å². The average molecular weight is 366 g/mol. The Labute approximate surface area is 158 Å². The monoisotopic (exact) mass is 365 g/mol. The molecule has 1 aromatic heterocycles. The van der Waals surface area contributed by atoms with E-state index in [0.717, 1.165) is 47.7 Å². The Morgan fingerprint density at radius 3 is 2.85 bits per heavy atom. The SMILES string of the molecule is CN(C)c1cccc(C(=O)N2CCC[C@@H](c3nc4ccccc4s3)C2)c1. The maximum absolute atomic E-state index is 13.0. The van der Waals surface area contributed by atoms with Gasteiger partial charge in [-0.1, -0.05) is 18.2 Å². The highest BCUT2D eigenvalue weighted by molar-refractivity contribution is 7.18. The van der Waals surface area contributed by atoms with Crippen LogP contribution in [0.3, 0.4) is 0 Å². The third kappa shape index (κ3) is 3.31. The van der Waals surface area contributed by atoms with E-state index in [9.17, 15) is 4.79 Å². The molecule has 0 radical (unpaired) electrons. The summed E-state index contributed by atoms with van der Waals surface area (Å²) in [5.41, 5.74) is 2.88. The lowest BCUT2D eigenvalue weighted by molar-refractivity contribution is 0.0707. The summed E-state index contributed by atoms with van der Waals surface area (Å²) < 4.78 is 1.23. The predicted octanol–water partition coefficient (Wildman–Crippen LogP) is 4.38. The fraction of sp³-hybridized carbons (Fsp3) is 0.333. The molecule has 26 heavy (non-hydrogen) atoms. The second-order valence-corrected chi connectivity index (χ2v) is 8.12. The molecule has 3 aromatic rings. The number of nitrogens with zero attached hydrogens (tertiary/aromatic N) is 3. The van der Waals surface area contributed by atoms with Crippen molar-refractivity contribution in [2.24, 2.45) is 0 Å². The number of amides is 1. The Morgan fingerprint density at radius 1 is 1.19 bits per heavy atom. The van der Waals surface area contributed by atoms with Crippen LogP contribution in [0.4, 0.5) is 5.69 Å². The zero-order valence-corrected chi connectivity index (χ0v) is 16.0. The van der Waals surface area contributed by atoms with Crippen molar-refractivity contribution < 1.29 is 4.79 Å². The summed E-state index contributed by atoms with van der Waals surface area (Å²) in [6.07, 6.45) is 2.13. The summed E-state index contributed by atoms with van der Waals surface area (Å²) in [7, 11) is 3.99. The summed E-state index contributed by atoms with van der Waals surface area (Å²) in [6.45, 7) is 1.58. The van der Waals surface area contributed by atoms with Crippen LogP contribution in [-0.2, 0) is 0 Å². The molecule has 1 fully saturated rings. The van der Waals surface area contributed by atoms with Gasteiger partial charge in [0.1, 0.15) is 0 Å². The number of anilines is 1. The van der Waals surface area contributed by atoms with E-state index >= 15 is 0 Å². The minimum absolute atomic E-state index is 0.125. The number of fused-ring (bicyclic) bond motifs is 1. The lowest BCUT2D eigenvalue weighted by Crippen LogP contribution is -2.39. The van der Waals surface area contributed by atoms with Crippen LogP contribution in [0.1, 0.15) is 34.1 Å². The van der Waals surface area contributed by atoms with Crippen LogP contribution in [-0.4, -0.2) is 43.0 Å². The third-order valence-electron chi connectivity index (χ3n) is 4.98. The van der Waals surface area contributed by atoms with Crippen LogP contribution in [0.25, 0.3) is 10.2 Å². The normalized spacial score (nSPS) is 17.5. The predicted molar refractivity (Wildman–Crippen MR) is 108 cm³/mol. The number of thiazole rings is 1. The van der Waals surface area contributed by atoms with Crippen LogP contribution in [0, 0.1) is 0 Å². The topological polar surface area (TPSA) is 36.4 Å². The highest BCUT2D eigenvalue weighted by Crippen LogP contribution is 2.33. The van der Waals surface area contributed by atoms with E-state index in [1.807, 2.05) is 54.2 Å². The molecular weight excluding hydrogens is 342 g/mol. The molecule has 1 saturated heterocycles. The van der Waals surface area contributed by atoms with Gasteiger partial charge in [-0.15, -0.1) is 11.3 Å². The van der Waals surface area contributed by atoms with Crippen LogP contribution >= 0.6 is 11.3 Å². The second-order valence-electron chi connectivity index (χ2n) is 7.05. The molecule has 1 aliphatic rings. The van der Waals surface area contributed by atoms with Gasteiger partial charge >= 0.3 is 0 Å². The molecule has 0 unspecified atom stereocenters. The summed E-state index contributed by atoms with van der Waals surface area (Å²) >= 11 is 1.76. The van der Waals surface area contributed by atoms with E-state index < -0.39 is 0 Å². The van der Waals surface area contributed by atoms with Gasteiger partial charge in [-0.05, 0) is 43.2 Å². The highest BCUT2D eigenvalue weighted by atomic mass is 32.1. The Kier molecular flexibility index (Phi) is 4.64. The van der Waals surface area contributed by atoms with Gasteiger partial charge in [0.15, 0.2) is 0 Å². The van der Waals surface area contributed by atoms with E-state index in [4.69, 9.17) is 4.98 Å². The van der Waals surface area contributed by atoms with Gasteiger partial charge in [0.05, 0.1) is 15.2 Å². The minimum Gasteiger partial charge on any atom is -0.378 e. The van der Waals surface area contributed by atoms with E-state index in [-0.39, 0.29) is 5.91 Å². The van der Waals surface area contributed by atoms with E-state index in [0.29, 0.717) is 5.92 Å². The number of carbonyl (C=O) groups is 1. The molecular formula is C21H23N3OS. The van der Waals surface area contributed by atoms with Gasteiger partial charge in [0.25, 0.3) is 5.91 Å². The zero-order chi connectivity index (χ0) is 18.1. The van der Waals surface area contributed by atoms with E-state index in [2.05, 4.69) is 18.2 Å². The van der Waals surface area contributed by atoms with Crippen LogP contribution < -0.4 is 4.90 Å². The van der Waals surface area contributed by atoms with Crippen molar-refractivity contribution in [2.75, 3.05) is 32.1 Å². The lowest BCUT2D eigenvalue weighted by Gasteiger charge is -2.32. The fourth-order valence-corrected chi connectivity index (χ4v) is 4.62. The number of likely N-dealkylation sites (tertiary alicyclic amines) is 1. The number of rotatable bonds is 3. The van der Waals surface area contributed by atoms with Crippen molar-refractivity contribution in [1.82, 2.24) is 9.88 Å². The summed E-state index contributed by atoms with van der Waals surface area (Å²) in [5.74, 6) is 0.460. The highest BCUT2D eigenvalue weighted by Gasteiger charge is 2.27. The molecule has 0 saturated carbocycles. The number of hydrogen-bond acceptors (Lipinski definition) is 4. The quantitative estimate of drug-likeness (QED) is 0.691. The Bertz CT molecular complexity index is 901. The van der Waals surface area contributed by atoms with Crippen molar-refractivity contribution in [1.29, 1.82) is 0 Å². The standard InChI is InChI=1S/C21H23N3OS/c1-23(2)17-9-5-7-15(13-17)21(25)24-12-6-8-16(14-24)20-22-18-10-3-4-11-19(18)26-20/h3-5,7,9-11,13,16H,6,8,12,14H2,1-2H3/t16-/m1/s1. The average Bonchev–Trinajstić information content (AvgIpc) is 3.12. The Hall–Kier alpha value is -2.40. The maximum atomic E-state index is 13.0. The molecule has 1 atom stereocenters. The number of para-hydroxylation sites is 1. The number of hydrogen-bond donors (Lipinski definition) is 0. The molecule has 4 nitrogen and oxygen atoms in total. The van der Waals surface area contributed by atoms with Gasteiger partial charge in [0.2, 0.25) is 0 Å². The second kappa shape index (κ2) is 7.08. The van der Waals surface area contributed by atoms with E-state index in [1.54, 1.807) is 11.3 Å². The first-order valence-corrected chi connectivity index (χ1v) is 9.85. The van der Waals surface area contributed by atoms with E-state index in [1.165, 1.54) is 4.70 Å². The molecule has 2 aromatic carbocycles. The molecule has 1 amide bonds. The van der Waals surface area contributed by atoms with Gasteiger partial charge < -0.3 is 9.80 Å². The molecule has 0 bridgehead atoms. The van der Waals surface area contributed by atoms with Crippen LogP contribution in [0.2, 0.25) is 0 Å². The number of aromatic nitrogens is 1. The molecule has 4 rings (SSSR count). The molecule has 0 N–H and O–H groups in total. The molecule has 0 spiro atoms. The minimum atomic E-state index is 0.125. The van der Waals surface area contributed by atoms with Gasteiger partial charge in [-0.2, -0.15) is 0 Å². The van der Waals surface area contributed by atoms with Gasteiger partial charge in [-0.25, -0.2) is 4.98 Å².